The van der Waals surface area contributed by atoms with Crippen molar-refractivity contribution in [3.05, 3.63) is 54.1 Å². The summed E-state index contributed by atoms with van der Waals surface area (Å²) in [5.74, 6) is 2.00. The van der Waals surface area contributed by atoms with Crippen LogP contribution in [-0.4, -0.2) is 42.1 Å². The molecule has 2 atom stereocenters. The van der Waals surface area contributed by atoms with Gasteiger partial charge < -0.3 is 25.0 Å². The van der Waals surface area contributed by atoms with Crippen LogP contribution in [0.15, 0.2) is 48.5 Å². The fourth-order valence-corrected chi connectivity index (χ4v) is 4.87. The number of phenols is 1. The summed E-state index contributed by atoms with van der Waals surface area (Å²) >= 11 is 0. The number of unbranched alkanes of at least 4 members (excludes halogenated alkanes) is 1. The summed E-state index contributed by atoms with van der Waals surface area (Å²) in [5.41, 5.74) is 0.722. The average molecular weight is 516 g/mol. The van der Waals surface area contributed by atoms with E-state index >= 15 is 0 Å². The number of aromatic hydroxyl groups is 1. The van der Waals surface area contributed by atoms with Crippen LogP contribution in [0.1, 0.15) is 82.3 Å². The molecular weight excluding hydrogens is 473 g/mol. The molecule has 1 fully saturated rings. The first-order valence-electron chi connectivity index (χ1n) is 13.7. The lowest BCUT2D eigenvalue weighted by molar-refractivity contribution is -0.123. The number of rotatable bonds is 16. The van der Waals surface area contributed by atoms with Crippen molar-refractivity contribution in [3.63, 3.8) is 0 Å². The van der Waals surface area contributed by atoms with E-state index in [1.54, 1.807) is 24.3 Å². The van der Waals surface area contributed by atoms with Gasteiger partial charge in [0.05, 0.1) is 38.5 Å². The Hall–Kier alpha value is -2.80. The van der Waals surface area contributed by atoms with Crippen molar-refractivity contribution in [1.82, 2.24) is 5.32 Å². The average Bonchev–Trinajstić information content (AvgIpc) is 2.92. The Bertz CT molecular complexity index is 899. The highest BCUT2D eigenvalue weighted by Gasteiger charge is 2.24. The van der Waals surface area contributed by atoms with Gasteiger partial charge in [0.2, 0.25) is 5.91 Å². The highest BCUT2D eigenvalue weighted by atomic mass is 19.1. The molecule has 2 aromatic carbocycles. The van der Waals surface area contributed by atoms with Crippen molar-refractivity contribution >= 4 is 5.91 Å². The Morgan fingerprint density at radius 3 is 2.24 bits per heavy atom. The molecule has 0 heterocycles. The molecule has 2 aromatic rings. The highest BCUT2D eigenvalue weighted by Crippen LogP contribution is 2.29. The Kier molecular flexibility index (Phi) is 12.5. The minimum atomic E-state index is -0.839. The van der Waals surface area contributed by atoms with Crippen LogP contribution in [0.2, 0.25) is 0 Å². The van der Waals surface area contributed by atoms with Crippen molar-refractivity contribution in [2.24, 2.45) is 5.92 Å². The number of nitrogens with one attached hydrogen (secondary N) is 1. The molecule has 0 bridgehead atoms. The molecular formula is C30H42FNO5. The minimum absolute atomic E-state index is 0.159. The summed E-state index contributed by atoms with van der Waals surface area (Å²) in [4.78, 5) is 12.7. The first kappa shape index (κ1) is 28.8. The first-order chi connectivity index (χ1) is 18.0. The van der Waals surface area contributed by atoms with E-state index in [9.17, 15) is 19.4 Å². The van der Waals surface area contributed by atoms with Gasteiger partial charge in [-0.3, -0.25) is 9.18 Å². The van der Waals surface area contributed by atoms with Crippen LogP contribution >= 0.6 is 0 Å². The Balaban J connectivity index is 1.53. The van der Waals surface area contributed by atoms with Crippen LogP contribution in [0, 0.1) is 5.92 Å². The van der Waals surface area contributed by atoms with Gasteiger partial charge in [0.15, 0.2) is 0 Å². The number of aliphatic hydroxyl groups is 1. The highest BCUT2D eigenvalue weighted by molar-refractivity contribution is 5.76. The van der Waals surface area contributed by atoms with Gasteiger partial charge in [0.1, 0.15) is 17.2 Å². The second-order valence-electron chi connectivity index (χ2n) is 9.96. The number of halogens is 1. The number of aliphatic hydroxyl groups excluding tert-OH is 1. The fraction of sp³-hybridized carbons (Fsp3) is 0.567. The van der Waals surface area contributed by atoms with Crippen LogP contribution in [0.25, 0.3) is 0 Å². The Morgan fingerprint density at radius 1 is 0.919 bits per heavy atom. The second kappa shape index (κ2) is 16.1. The van der Waals surface area contributed by atoms with E-state index in [1.165, 1.54) is 44.2 Å². The van der Waals surface area contributed by atoms with Crippen molar-refractivity contribution in [1.29, 1.82) is 0 Å². The van der Waals surface area contributed by atoms with Gasteiger partial charge in [0, 0.05) is 0 Å². The zero-order valence-corrected chi connectivity index (χ0v) is 21.7. The molecule has 0 unspecified atom stereocenters. The summed E-state index contributed by atoms with van der Waals surface area (Å²) in [6.07, 6.45) is 9.73. The molecule has 0 aliphatic heterocycles. The first-order valence-corrected chi connectivity index (χ1v) is 13.7. The number of alkyl halides is 1. The van der Waals surface area contributed by atoms with Crippen molar-refractivity contribution in [2.45, 2.75) is 82.8 Å². The van der Waals surface area contributed by atoms with Crippen LogP contribution in [-0.2, 0) is 4.79 Å². The molecule has 204 valence electrons. The lowest BCUT2D eigenvalue weighted by Gasteiger charge is -2.27. The molecule has 7 heteroatoms. The Morgan fingerprint density at radius 2 is 1.57 bits per heavy atom. The summed E-state index contributed by atoms with van der Waals surface area (Å²) < 4.78 is 23.5. The SMILES string of the molecule is O=C(CCOc1ccc(O)cc1)N[C@H](CCCC1CCCCC1)[C@H](O)c1ccc(OCCCCF)cc1. The predicted molar refractivity (Wildman–Crippen MR) is 143 cm³/mol. The molecule has 1 amide bonds. The molecule has 37 heavy (non-hydrogen) atoms. The quantitative estimate of drug-likeness (QED) is 0.230. The molecule has 0 spiro atoms. The number of amides is 1. The van der Waals surface area contributed by atoms with Crippen LogP contribution in [0.4, 0.5) is 4.39 Å². The number of hydrogen-bond acceptors (Lipinski definition) is 5. The third kappa shape index (κ3) is 10.6. The van der Waals surface area contributed by atoms with E-state index in [0.29, 0.717) is 37.4 Å². The van der Waals surface area contributed by atoms with Gasteiger partial charge >= 0.3 is 0 Å². The fourth-order valence-electron chi connectivity index (χ4n) is 4.87. The molecule has 1 aliphatic carbocycles. The largest absolute Gasteiger partial charge is 0.508 e. The summed E-state index contributed by atoms with van der Waals surface area (Å²) in [7, 11) is 0. The van der Waals surface area contributed by atoms with E-state index < -0.39 is 12.1 Å². The van der Waals surface area contributed by atoms with Gasteiger partial charge in [0.25, 0.3) is 0 Å². The van der Waals surface area contributed by atoms with Crippen LogP contribution in [0.3, 0.4) is 0 Å². The maximum Gasteiger partial charge on any atom is 0.223 e. The monoisotopic (exact) mass is 515 g/mol. The number of carbonyl (C=O) groups excluding carboxylic acids is 1. The van der Waals surface area contributed by atoms with Crippen LogP contribution < -0.4 is 14.8 Å². The van der Waals surface area contributed by atoms with Gasteiger partial charge in [-0.25, -0.2) is 0 Å². The third-order valence-corrected chi connectivity index (χ3v) is 7.03. The number of carbonyl (C=O) groups is 1. The minimum Gasteiger partial charge on any atom is -0.508 e. The topological polar surface area (TPSA) is 88.0 Å². The second-order valence-corrected chi connectivity index (χ2v) is 9.96. The molecule has 0 aromatic heterocycles. The summed E-state index contributed by atoms with van der Waals surface area (Å²) in [6.45, 7) is 0.319. The third-order valence-electron chi connectivity index (χ3n) is 7.03. The van der Waals surface area contributed by atoms with E-state index in [-0.39, 0.29) is 31.4 Å². The summed E-state index contributed by atoms with van der Waals surface area (Å²) in [5, 5.41) is 23.6. The van der Waals surface area contributed by atoms with Gasteiger partial charge in [-0.1, -0.05) is 57.1 Å². The molecule has 3 N–H and O–H groups in total. The zero-order chi connectivity index (χ0) is 26.3. The lowest BCUT2D eigenvalue weighted by Crippen LogP contribution is -2.40. The standard InChI is InChI=1S/C30H42FNO5/c31-20-4-5-21-36-26-15-11-24(12-16-26)30(35)28(10-6-9-23-7-2-1-3-8-23)32-29(34)19-22-37-27-17-13-25(33)14-18-27/h11-18,23,28,30,33,35H,1-10,19-22H2,(H,32,34)/t28-,30-/m1/s1. The number of hydrogen-bond donors (Lipinski definition) is 3. The van der Waals surface area contributed by atoms with Crippen molar-refractivity contribution in [2.75, 3.05) is 19.9 Å². The van der Waals surface area contributed by atoms with Crippen molar-refractivity contribution in [3.8, 4) is 17.2 Å². The number of ether oxygens (including phenoxy) is 2. The molecule has 1 aliphatic rings. The molecule has 0 saturated heterocycles. The molecule has 0 radical (unpaired) electrons. The summed E-state index contributed by atoms with van der Waals surface area (Å²) in [6, 6.07) is 13.2. The smallest absolute Gasteiger partial charge is 0.223 e. The van der Waals surface area contributed by atoms with Gasteiger partial charge in [-0.2, -0.15) is 0 Å². The van der Waals surface area contributed by atoms with Gasteiger partial charge in [-0.05, 0) is 67.1 Å². The normalized spacial score (nSPS) is 15.6. The van der Waals surface area contributed by atoms with E-state index in [1.807, 2.05) is 12.1 Å². The number of benzene rings is 2. The van der Waals surface area contributed by atoms with Crippen molar-refractivity contribution < 1.29 is 28.9 Å². The molecule has 6 nitrogen and oxygen atoms in total. The molecule has 3 rings (SSSR count). The maximum absolute atomic E-state index is 12.7. The van der Waals surface area contributed by atoms with Crippen LogP contribution in [0.5, 0.6) is 17.2 Å². The van der Waals surface area contributed by atoms with Gasteiger partial charge in [-0.15, -0.1) is 0 Å². The maximum atomic E-state index is 12.7. The van der Waals surface area contributed by atoms with E-state index in [0.717, 1.165) is 24.3 Å². The zero-order valence-electron chi connectivity index (χ0n) is 21.7. The molecule has 1 saturated carbocycles. The predicted octanol–water partition coefficient (Wildman–Crippen LogP) is 6.26. The van der Waals surface area contributed by atoms with E-state index in [2.05, 4.69) is 5.32 Å². The lowest BCUT2D eigenvalue weighted by atomic mass is 9.85. The number of phenolic OH excluding ortho intramolecular Hbond substituents is 1. The van der Waals surface area contributed by atoms with E-state index in [4.69, 9.17) is 9.47 Å². The Labute approximate surface area is 220 Å².